The lowest BCUT2D eigenvalue weighted by molar-refractivity contribution is -0.136. The molecular weight excluding hydrogens is 308 g/mol. The Morgan fingerprint density at radius 3 is 1.90 bits per heavy atom. The van der Waals surface area contributed by atoms with Crippen LogP contribution >= 0.6 is 0 Å². The van der Waals surface area contributed by atoms with E-state index in [9.17, 15) is 21.6 Å². The Labute approximate surface area is 116 Å². The minimum absolute atomic E-state index is 0.217. The number of sulfonamides is 2. The molecule has 0 saturated heterocycles. The Hall–Kier alpha value is -1.81. The number of rotatable bonds is 7. The van der Waals surface area contributed by atoms with Gasteiger partial charge in [-0.15, -0.1) is 0 Å². The molecule has 1 rings (SSSR count). The van der Waals surface area contributed by atoms with Gasteiger partial charge in [-0.1, -0.05) is 0 Å². The van der Waals surface area contributed by atoms with E-state index in [4.69, 9.17) is 5.11 Å². The van der Waals surface area contributed by atoms with E-state index in [1.807, 2.05) is 0 Å². The Kier molecular flexibility index (Phi) is 4.95. The second kappa shape index (κ2) is 6.09. The van der Waals surface area contributed by atoms with E-state index in [2.05, 4.69) is 9.44 Å². The molecule has 1 aromatic carbocycles. The van der Waals surface area contributed by atoms with Gasteiger partial charge < -0.3 is 5.11 Å². The average Bonchev–Trinajstić information content (AvgIpc) is 2.27. The van der Waals surface area contributed by atoms with Crippen LogP contribution in [0.4, 0.5) is 11.4 Å². The first-order chi connectivity index (χ1) is 9.07. The molecule has 3 N–H and O–H groups in total. The molecule has 0 atom stereocenters. The van der Waals surface area contributed by atoms with E-state index >= 15 is 0 Å². The largest absolute Gasteiger partial charge is 0.481 e. The quantitative estimate of drug-likeness (QED) is 0.661. The maximum absolute atomic E-state index is 11.5. The molecule has 0 spiro atoms. The summed E-state index contributed by atoms with van der Waals surface area (Å²) in [6.07, 6.45) is 0.499. The molecule has 20 heavy (non-hydrogen) atoms. The Balaban J connectivity index is 2.72. The lowest BCUT2D eigenvalue weighted by Gasteiger charge is -2.08. The van der Waals surface area contributed by atoms with Crippen molar-refractivity contribution in [1.82, 2.24) is 0 Å². The van der Waals surface area contributed by atoms with Gasteiger partial charge in [0.2, 0.25) is 20.0 Å². The summed E-state index contributed by atoms with van der Waals surface area (Å²) in [5, 5.41) is 8.43. The fraction of sp³-hybridized carbons (Fsp3) is 0.300. The fourth-order valence-electron chi connectivity index (χ4n) is 1.27. The number of nitrogens with one attached hydrogen (secondary N) is 2. The minimum atomic E-state index is -3.75. The lowest BCUT2D eigenvalue weighted by atomic mass is 10.3. The highest BCUT2D eigenvalue weighted by Crippen LogP contribution is 2.15. The van der Waals surface area contributed by atoms with Crippen molar-refractivity contribution in [2.24, 2.45) is 0 Å². The zero-order valence-corrected chi connectivity index (χ0v) is 12.2. The van der Waals surface area contributed by atoms with Crippen LogP contribution in [0.2, 0.25) is 0 Å². The maximum Gasteiger partial charge on any atom is 0.304 e. The Morgan fingerprint density at radius 2 is 1.50 bits per heavy atom. The monoisotopic (exact) mass is 322 g/mol. The van der Waals surface area contributed by atoms with Gasteiger partial charge in [0.25, 0.3) is 0 Å². The number of hydrogen-bond acceptors (Lipinski definition) is 5. The lowest BCUT2D eigenvalue weighted by Crippen LogP contribution is -2.18. The van der Waals surface area contributed by atoms with E-state index in [0.29, 0.717) is 5.69 Å². The van der Waals surface area contributed by atoms with E-state index in [1.165, 1.54) is 24.3 Å². The topological polar surface area (TPSA) is 130 Å². The van der Waals surface area contributed by atoms with E-state index in [1.54, 1.807) is 0 Å². The molecule has 0 amide bonds. The van der Waals surface area contributed by atoms with E-state index in [-0.39, 0.29) is 5.69 Å². The van der Waals surface area contributed by atoms with Crippen molar-refractivity contribution in [1.29, 1.82) is 0 Å². The normalized spacial score (nSPS) is 11.8. The second-order valence-electron chi connectivity index (χ2n) is 4.02. The number of aliphatic carboxylic acids is 1. The fourth-order valence-corrected chi connectivity index (χ4v) is 2.88. The minimum Gasteiger partial charge on any atom is -0.481 e. The van der Waals surface area contributed by atoms with Gasteiger partial charge in [-0.2, -0.15) is 0 Å². The molecular formula is C10H14N2O6S2. The van der Waals surface area contributed by atoms with Crippen molar-refractivity contribution in [3.8, 4) is 0 Å². The number of carboxylic acids is 1. The van der Waals surface area contributed by atoms with Gasteiger partial charge in [0.1, 0.15) is 0 Å². The number of carbonyl (C=O) groups is 1. The smallest absolute Gasteiger partial charge is 0.304 e. The summed E-state index contributed by atoms with van der Waals surface area (Å²) in [6, 6.07) is 5.50. The number of carboxylic acid groups (broad SMARTS) is 1. The summed E-state index contributed by atoms with van der Waals surface area (Å²) < 4.78 is 49.5. The van der Waals surface area contributed by atoms with Crippen LogP contribution in [0.15, 0.2) is 24.3 Å². The highest BCUT2D eigenvalue weighted by atomic mass is 32.2. The van der Waals surface area contributed by atoms with Crippen molar-refractivity contribution in [2.75, 3.05) is 21.5 Å². The molecule has 1 aromatic rings. The molecule has 0 radical (unpaired) electrons. The average molecular weight is 322 g/mol. The van der Waals surface area contributed by atoms with Crippen LogP contribution in [0.1, 0.15) is 6.42 Å². The van der Waals surface area contributed by atoms with E-state index < -0.39 is 38.2 Å². The molecule has 112 valence electrons. The first-order valence-corrected chi connectivity index (χ1v) is 8.92. The van der Waals surface area contributed by atoms with Gasteiger partial charge in [-0.05, 0) is 24.3 Å². The van der Waals surface area contributed by atoms with Crippen molar-refractivity contribution in [3.63, 3.8) is 0 Å². The van der Waals surface area contributed by atoms with Crippen LogP contribution < -0.4 is 9.44 Å². The van der Waals surface area contributed by atoms with Crippen LogP contribution in [0.5, 0.6) is 0 Å². The van der Waals surface area contributed by atoms with Gasteiger partial charge in [0, 0.05) is 11.4 Å². The Morgan fingerprint density at radius 1 is 1.05 bits per heavy atom. The Bertz CT molecular complexity index is 679. The first-order valence-electron chi connectivity index (χ1n) is 5.37. The van der Waals surface area contributed by atoms with Gasteiger partial charge >= 0.3 is 5.97 Å². The highest BCUT2D eigenvalue weighted by molar-refractivity contribution is 7.92. The first kappa shape index (κ1) is 16.2. The maximum atomic E-state index is 11.5. The molecule has 0 heterocycles. The molecule has 0 fully saturated rings. The summed E-state index contributed by atoms with van der Waals surface area (Å²) in [5.41, 5.74) is 0.510. The molecule has 0 aliphatic carbocycles. The molecule has 0 aliphatic heterocycles. The zero-order chi connectivity index (χ0) is 15.4. The molecule has 8 nitrogen and oxygen atoms in total. The molecule has 0 unspecified atom stereocenters. The number of hydrogen-bond donors (Lipinski definition) is 3. The summed E-state index contributed by atoms with van der Waals surface area (Å²) in [5.74, 6) is -1.74. The predicted octanol–water partition coefficient (Wildman–Crippen LogP) is 0.274. The molecule has 10 heteroatoms. The zero-order valence-electron chi connectivity index (χ0n) is 10.5. The van der Waals surface area contributed by atoms with Crippen molar-refractivity contribution in [3.05, 3.63) is 24.3 Å². The van der Waals surface area contributed by atoms with Gasteiger partial charge in [0.15, 0.2) is 0 Å². The second-order valence-corrected chi connectivity index (χ2v) is 7.61. The van der Waals surface area contributed by atoms with E-state index in [0.717, 1.165) is 6.26 Å². The standard InChI is InChI=1S/C10H14N2O6S2/c1-19(15,16)11-8-2-4-9(5-3-8)12-20(17,18)7-6-10(13)14/h2-5,11-12H,6-7H2,1H3,(H,13,14). The SMILES string of the molecule is CS(=O)(=O)Nc1ccc(NS(=O)(=O)CCC(=O)O)cc1. The molecule has 0 bridgehead atoms. The predicted molar refractivity (Wildman–Crippen MR) is 74.6 cm³/mol. The number of benzene rings is 1. The van der Waals surface area contributed by atoms with Crippen molar-refractivity contribution in [2.45, 2.75) is 6.42 Å². The summed E-state index contributed by atoms with van der Waals surface area (Å²) in [6.45, 7) is 0. The third-order valence-corrected chi connectivity index (χ3v) is 3.94. The highest BCUT2D eigenvalue weighted by Gasteiger charge is 2.12. The third-order valence-electron chi connectivity index (χ3n) is 2.05. The summed E-state index contributed by atoms with van der Waals surface area (Å²) in [4.78, 5) is 10.3. The summed E-state index contributed by atoms with van der Waals surface area (Å²) >= 11 is 0. The van der Waals surface area contributed by atoms with Crippen LogP contribution in [0.3, 0.4) is 0 Å². The van der Waals surface area contributed by atoms with Gasteiger partial charge in [-0.3, -0.25) is 14.2 Å². The molecule has 0 aliphatic rings. The van der Waals surface area contributed by atoms with Crippen LogP contribution in [0, 0.1) is 0 Å². The summed E-state index contributed by atoms with van der Waals surface area (Å²) in [7, 11) is -7.14. The van der Waals surface area contributed by atoms with Crippen LogP contribution in [0.25, 0.3) is 0 Å². The third kappa shape index (κ3) is 6.38. The molecule has 0 saturated carbocycles. The van der Waals surface area contributed by atoms with Crippen LogP contribution in [-0.2, 0) is 24.8 Å². The van der Waals surface area contributed by atoms with Gasteiger partial charge in [0.05, 0.1) is 18.4 Å². The number of anilines is 2. The van der Waals surface area contributed by atoms with Crippen molar-refractivity contribution >= 4 is 37.4 Å². The van der Waals surface area contributed by atoms with Crippen molar-refractivity contribution < 1.29 is 26.7 Å². The van der Waals surface area contributed by atoms with Gasteiger partial charge in [-0.25, -0.2) is 16.8 Å². The van der Waals surface area contributed by atoms with Crippen LogP contribution in [-0.4, -0.2) is 39.9 Å². The molecule has 0 aromatic heterocycles.